The molecular weight excluding hydrogens is 426 g/mol. The quantitative estimate of drug-likeness (QED) is 0.576. The van der Waals surface area contributed by atoms with Gasteiger partial charge in [0.1, 0.15) is 5.82 Å². The number of nitrogens with one attached hydrogen (secondary N) is 2. The van der Waals surface area contributed by atoms with Gasteiger partial charge < -0.3 is 30.1 Å². The topological polar surface area (TPSA) is 68.8 Å². The second kappa shape index (κ2) is 10.3. The summed E-state index contributed by atoms with van der Waals surface area (Å²) in [4.78, 5) is 16.3. The normalized spacial score (nSPS) is 17.0. The molecule has 0 amide bonds. The molecule has 3 aromatic rings. The number of benzene rings is 2. The van der Waals surface area contributed by atoms with Gasteiger partial charge in [-0.1, -0.05) is 0 Å². The smallest absolute Gasteiger partial charge is 0.229 e. The van der Waals surface area contributed by atoms with E-state index in [4.69, 9.17) is 9.72 Å². The molecule has 2 saturated heterocycles. The minimum Gasteiger partial charge on any atom is -0.378 e. The molecule has 0 bridgehead atoms. The molecule has 2 aromatic carbocycles. The summed E-state index contributed by atoms with van der Waals surface area (Å²) in [5, 5.41) is 6.78. The second-order valence-electron chi connectivity index (χ2n) is 8.96. The van der Waals surface area contributed by atoms with E-state index in [1.54, 1.807) is 0 Å². The third kappa shape index (κ3) is 5.40. The molecule has 8 nitrogen and oxygen atoms in total. The van der Waals surface area contributed by atoms with Crippen LogP contribution in [0.15, 0.2) is 54.7 Å². The lowest BCUT2D eigenvalue weighted by Crippen LogP contribution is -2.44. The zero-order valence-corrected chi connectivity index (χ0v) is 20.0. The molecule has 178 valence electrons. The van der Waals surface area contributed by atoms with Crippen molar-refractivity contribution in [3.63, 3.8) is 0 Å². The van der Waals surface area contributed by atoms with Crippen LogP contribution in [0.2, 0.25) is 0 Å². The van der Waals surface area contributed by atoms with Crippen molar-refractivity contribution in [3.05, 3.63) is 60.3 Å². The maximum atomic E-state index is 5.45. The van der Waals surface area contributed by atoms with Crippen LogP contribution in [0.25, 0.3) is 0 Å². The molecule has 0 spiro atoms. The first-order valence-corrected chi connectivity index (χ1v) is 12.0. The number of aromatic nitrogens is 2. The summed E-state index contributed by atoms with van der Waals surface area (Å²) < 4.78 is 5.45. The van der Waals surface area contributed by atoms with Crippen LogP contribution < -0.4 is 20.4 Å². The van der Waals surface area contributed by atoms with E-state index >= 15 is 0 Å². The van der Waals surface area contributed by atoms with Gasteiger partial charge in [0.15, 0.2) is 0 Å². The third-order valence-electron chi connectivity index (χ3n) is 6.47. The van der Waals surface area contributed by atoms with Gasteiger partial charge in [-0.05, 0) is 62.5 Å². The molecule has 8 heteroatoms. The monoisotopic (exact) mass is 459 g/mol. The second-order valence-corrected chi connectivity index (χ2v) is 8.96. The van der Waals surface area contributed by atoms with E-state index in [1.165, 1.54) is 11.4 Å². The van der Waals surface area contributed by atoms with Gasteiger partial charge in [0.25, 0.3) is 0 Å². The Kier molecular flexibility index (Phi) is 6.78. The van der Waals surface area contributed by atoms with Crippen molar-refractivity contribution >= 4 is 34.5 Å². The third-order valence-corrected chi connectivity index (χ3v) is 6.47. The average Bonchev–Trinajstić information content (AvgIpc) is 2.88. The number of ether oxygens (including phenoxy) is 1. The molecule has 2 fully saturated rings. The van der Waals surface area contributed by atoms with Gasteiger partial charge in [-0.3, -0.25) is 0 Å². The molecule has 2 aliphatic rings. The summed E-state index contributed by atoms with van der Waals surface area (Å²) in [5.41, 5.74) is 5.44. The Morgan fingerprint density at radius 1 is 0.735 bits per heavy atom. The van der Waals surface area contributed by atoms with Gasteiger partial charge in [-0.25, -0.2) is 4.98 Å². The number of aryl methyl sites for hydroxylation is 1. The summed E-state index contributed by atoms with van der Waals surface area (Å²) in [7, 11) is 2.18. The van der Waals surface area contributed by atoms with E-state index in [-0.39, 0.29) is 0 Å². The first-order chi connectivity index (χ1) is 16.6. The summed E-state index contributed by atoms with van der Waals surface area (Å²) in [6, 6.07) is 17.0. The van der Waals surface area contributed by atoms with Crippen molar-refractivity contribution in [1.82, 2.24) is 14.9 Å². The number of anilines is 6. The summed E-state index contributed by atoms with van der Waals surface area (Å²) in [6.45, 7) is 9.78. The van der Waals surface area contributed by atoms with Crippen molar-refractivity contribution in [2.75, 3.05) is 80.0 Å². The van der Waals surface area contributed by atoms with Crippen LogP contribution >= 0.6 is 0 Å². The molecule has 34 heavy (non-hydrogen) atoms. The van der Waals surface area contributed by atoms with Gasteiger partial charge in [-0.2, -0.15) is 4.98 Å². The Balaban J connectivity index is 1.23. The van der Waals surface area contributed by atoms with E-state index in [2.05, 4.69) is 85.9 Å². The molecule has 2 N–H and O–H groups in total. The van der Waals surface area contributed by atoms with Crippen molar-refractivity contribution in [1.29, 1.82) is 0 Å². The van der Waals surface area contributed by atoms with E-state index < -0.39 is 0 Å². The minimum absolute atomic E-state index is 0.574. The Bertz CT molecular complexity index is 1070. The van der Waals surface area contributed by atoms with Crippen molar-refractivity contribution in [3.8, 4) is 0 Å². The number of likely N-dealkylation sites (N-methyl/N-ethyl adjacent to an activating group) is 1. The predicted molar refractivity (Wildman–Crippen MR) is 139 cm³/mol. The number of piperazine rings is 1. The van der Waals surface area contributed by atoms with Gasteiger partial charge in [0, 0.05) is 73.8 Å². The molecule has 0 aliphatic carbocycles. The van der Waals surface area contributed by atoms with Crippen LogP contribution in [0.3, 0.4) is 0 Å². The van der Waals surface area contributed by atoms with E-state index in [0.29, 0.717) is 5.95 Å². The highest BCUT2D eigenvalue weighted by Crippen LogP contribution is 2.25. The van der Waals surface area contributed by atoms with Gasteiger partial charge in [-0.15, -0.1) is 0 Å². The Morgan fingerprint density at radius 2 is 1.29 bits per heavy atom. The fraction of sp³-hybridized carbons (Fsp3) is 0.385. The molecular formula is C26H33N7O. The van der Waals surface area contributed by atoms with Crippen LogP contribution in [-0.2, 0) is 4.74 Å². The highest BCUT2D eigenvalue weighted by Gasteiger charge is 2.14. The number of nitrogens with zero attached hydrogens (tertiary/aromatic N) is 5. The number of hydrogen-bond donors (Lipinski definition) is 2. The highest BCUT2D eigenvalue weighted by molar-refractivity contribution is 5.65. The summed E-state index contributed by atoms with van der Waals surface area (Å²) in [5.74, 6) is 1.37. The lowest BCUT2D eigenvalue weighted by atomic mass is 10.2. The SMILES string of the molecule is Cc1cnc(Nc2ccc(N3CCN(C)CC3)cc2)nc1Nc1ccc(N2CCOCC2)cc1. The van der Waals surface area contributed by atoms with Crippen LogP contribution in [-0.4, -0.2) is 74.4 Å². The molecule has 0 radical (unpaired) electrons. The first-order valence-electron chi connectivity index (χ1n) is 12.0. The van der Waals surface area contributed by atoms with Gasteiger partial charge in [0.05, 0.1) is 13.2 Å². The van der Waals surface area contributed by atoms with Crippen molar-refractivity contribution in [2.24, 2.45) is 0 Å². The lowest BCUT2D eigenvalue weighted by Gasteiger charge is -2.34. The molecule has 3 heterocycles. The first kappa shape index (κ1) is 22.4. The summed E-state index contributed by atoms with van der Waals surface area (Å²) >= 11 is 0. The zero-order chi connectivity index (χ0) is 23.3. The highest BCUT2D eigenvalue weighted by atomic mass is 16.5. The largest absolute Gasteiger partial charge is 0.378 e. The van der Waals surface area contributed by atoms with E-state index in [1.807, 2.05) is 13.1 Å². The van der Waals surface area contributed by atoms with E-state index in [0.717, 1.165) is 75.2 Å². The molecule has 2 aliphatic heterocycles. The van der Waals surface area contributed by atoms with E-state index in [9.17, 15) is 0 Å². The van der Waals surface area contributed by atoms with Crippen LogP contribution in [0.1, 0.15) is 5.56 Å². The van der Waals surface area contributed by atoms with Crippen LogP contribution in [0.5, 0.6) is 0 Å². The maximum Gasteiger partial charge on any atom is 0.229 e. The Labute approximate surface area is 201 Å². The standard InChI is InChI=1S/C26H33N7O/c1-20-19-27-26(29-22-5-9-23(10-6-22)32-13-11-31(2)12-14-32)30-25(20)28-21-3-7-24(8-4-21)33-15-17-34-18-16-33/h3-10,19H,11-18H2,1-2H3,(H2,27,28,29,30). The average molecular weight is 460 g/mol. The van der Waals surface area contributed by atoms with Gasteiger partial charge in [0.2, 0.25) is 5.95 Å². The van der Waals surface area contributed by atoms with Crippen LogP contribution in [0.4, 0.5) is 34.5 Å². The Hall–Kier alpha value is -3.36. The molecule has 0 unspecified atom stereocenters. The van der Waals surface area contributed by atoms with Crippen LogP contribution in [0, 0.1) is 6.92 Å². The predicted octanol–water partition coefficient (Wildman–Crippen LogP) is 3.86. The summed E-state index contributed by atoms with van der Waals surface area (Å²) in [6.07, 6.45) is 1.85. The lowest BCUT2D eigenvalue weighted by molar-refractivity contribution is 0.122. The fourth-order valence-electron chi connectivity index (χ4n) is 4.29. The number of rotatable bonds is 6. The molecule has 1 aromatic heterocycles. The zero-order valence-electron chi connectivity index (χ0n) is 20.0. The number of morpholine rings is 1. The molecule has 0 saturated carbocycles. The fourth-order valence-corrected chi connectivity index (χ4v) is 4.29. The number of hydrogen-bond acceptors (Lipinski definition) is 8. The molecule has 0 atom stereocenters. The minimum atomic E-state index is 0.574. The maximum absolute atomic E-state index is 5.45. The van der Waals surface area contributed by atoms with Crippen molar-refractivity contribution in [2.45, 2.75) is 6.92 Å². The van der Waals surface area contributed by atoms with Gasteiger partial charge >= 0.3 is 0 Å². The Morgan fingerprint density at radius 3 is 1.91 bits per heavy atom. The van der Waals surface area contributed by atoms with Crippen molar-refractivity contribution < 1.29 is 4.74 Å². The molecule has 5 rings (SSSR count).